The Kier molecular flexibility index (Phi) is 6.68. The highest BCUT2D eigenvalue weighted by Crippen LogP contribution is 2.33. The van der Waals surface area contributed by atoms with Crippen LogP contribution < -0.4 is 5.48 Å². The summed E-state index contributed by atoms with van der Waals surface area (Å²) in [6, 6.07) is 10.3. The van der Waals surface area contributed by atoms with Gasteiger partial charge in [0.25, 0.3) is 11.8 Å². The van der Waals surface area contributed by atoms with Crippen molar-refractivity contribution in [2.75, 3.05) is 19.9 Å². The molecule has 2 aromatic carbocycles. The molecule has 2 amide bonds. The topological polar surface area (TPSA) is 113 Å². The largest absolute Gasteiger partial charge is 0.380 e. The molecule has 8 nitrogen and oxygen atoms in total. The number of nitrogens with zero attached hydrogens (tertiary/aromatic N) is 1. The summed E-state index contributed by atoms with van der Waals surface area (Å²) in [6.45, 7) is 1.46. The third-order valence-corrected chi connectivity index (χ3v) is 7.97. The average molecular weight is 465 g/mol. The summed E-state index contributed by atoms with van der Waals surface area (Å²) in [4.78, 5) is 26.1. The summed E-state index contributed by atoms with van der Waals surface area (Å²) in [6.07, 6.45) is 0.625. The summed E-state index contributed by atoms with van der Waals surface area (Å²) in [5, 5.41) is 8.94. The second kappa shape index (κ2) is 8.97. The van der Waals surface area contributed by atoms with Crippen LogP contribution in [0.3, 0.4) is 0 Å². The Bertz CT molecular complexity index is 1150. The quantitative estimate of drug-likeness (QED) is 0.458. The van der Waals surface area contributed by atoms with Crippen molar-refractivity contribution in [2.24, 2.45) is 0 Å². The summed E-state index contributed by atoms with van der Waals surface area (Å²) in [7, 11) is -2.32. The van der Waals surface area contributed by atoms with Crippen molar-refractivity contribution in [1.82, 2.24) is 10.4 Å². The SMILES string of the molecule is COCc1ccc(-c2ccc3c(c2F)CN(CC[C@](C)(C(=O)NO)S(C)(=O)=O)C3=O)cc1. The number of methoxy groups -OCH3 is 1. The van der Waals surface area contributed by atoms with E-state index in [9.17, 15) is 18.0 Å². The van der Waals surface area contributed by atoms with E-state index in [4.69, 9.17) is 9.94 Å². The summed E-state index contributed by atoms with van der Waals surface area (Å²) in [5.74, 6) is -2.05. The second-order valence-electron chi connectivity index (χ2n) is 8.00. The minimum atomic E-state index is -3.90. The van der Waals surface area contributed by atoms with Crippen LogP contribution in [-0.2, 0) is 32.5 Å². The van der Waals surface area contributed by atoms with Crippen molar-refractivity contribution in [1.29, 1.82) is 0 Å². The number of rotatable bonds is 8. The minimum absolute atomic E-state index is 0.0455. The Labute approximate surface area is 185 Å². The highest BCUT2D eigenvalue weighted by atomic mass is 32.2. The summed E-state index contributed by atoms with van der Waals surface area (Å²) in [5.41, 5.74) is 3.75. The molecule has 32 heavy (non-hydrogen) atoms. The molecule has 0 radical (unpaired) electrons. The van der Waals surface area contributed by atoms with Gasteiger partial charge in [0.2, 0.25) is 0 Å². The molecule has 1 aliphatic rings. The zero-order valence-corrected chi connectivity index (χ0v) is 18.8. The number of halogens is 1. The Hall–Kier alpha value is -2.82. The van der Waals surface area contributed by atoms with Gasteiger partial charge in [0.05, 0.1) is 6.61 Å². The number of ether oxygens (including phenoxy) is 1. The van der Waals surface area contributed by atoms with Crippen LogP contribution in [0.1, 0.15) is 34.8 Å². The molecule has 10 heteroatoms. The Morgan fingerprint density at radius 3 is 2.41 bits per heavy atom. The van der Waals surface area contributed by atoms with E-state index in [1.807, 2.05) is 12.1 Å². The maximum absolute atomic E-state index is 15.3. The fourth-order valence-electron chi connectivity index (χ4n) is 3.69. The number of benzene rings is 2. The highest BCUT2D eigenvalue weighted by Gasteiger charge is 2.44. The number of fused-ring (bicyclic) bond motifs is 1. The third kappa shape index (κ3) is 4.25. The Morgan fingerprint density at radius 2 is 1.84 bits per heavy atom. The maximum atomic E-state index is 15.3. The van der Waals surface area contributed by atoms with Gasteiger partial charge in [-0.05, 0) is 30.5 Å². The molecule has 0 bridgehead atoms. The molecule has 0 aliphatic carbocycles. The van der Waals surface area contributed by atoms with Crippen LogP contribution in [0.2, 0.25) is 0 Å². The number of nitrogens with one attached hydrogen (secondary N) is 1. The zero-order chi connectivity index (χ0) is 23.7. The molecular weight excluding hydrogens is 439 g/mol. The van der Waals surface area contributed by atoms with Gasteiger partial charge in [-0.3, -0.25) is 14.8 Å². The number of amides is 2. The van der Waals surface area contributed by atoms with Gasteiger partial charge in [0.1, 0.15) is 5.82 Å². The zero-order valence-electron chi connectivity index (χ0n) is 18.0. The van der Waals surface area contributed by atoms with Gasteiger partial charge in [0.15, 0.2) is 14.6 Å². The van der Waals surface area contributed by atoms with Crippen LogP contribution in [0.25, 0.3) is 11.1 Å². The van der Waals surface area contributed by atoms with Crippen LogP contribution in [0, 0.1) is 5.82 Å². The maximum Gasteiger partial charge on any atom is 0.264 e. The standard InChI is InChI=1S/C22H25FN2O6S/c1-22(21(27)24-28,32(3,29)30)10-11-25-12-18-17(20(25)26)9-8-16(19(18)23)15-6-4-14(5-7-15)13-31-2/h4-9,28H,10-13H2,1-3H3,(H,24,27)/t22-/m1/s1. The van der Waals surface area contributed by atoms with E-state index in [0.29, 0.717) is 17.7 Å². The number of carbonyl (C=O) groups is 2. The smallest absolute Gasteiger partial charge is 0.264 e. The van der Waals surface area contributed by atoms with E-state index in [1.54, 1.807) is 31.4 Å². The predicted octanol–water partition coefficient (Wildman–Crippen LogP) is 2.29. The summed E-state index contributed by atoms with van der Waals surface area (Å²) >= 11 is 0. The van der Waals surface area contributed by atoms with E-state index < -0.39 is 32.2 Å². The van der Waals surface area contributed by atoms with Gasteiger partial charge >= 0.3 is 0 Å². The average Bonchev–Trinajstić information content (AvgIpc) is 3.08. The van der Waals surface area contributed by atoms with E-state index >= 15 is 4.39 Å². The highest BCUT2D eigenvalue weighted by molar-refractivity contribution is 7.92. The molecule has 0 saturated carbocycles. The monoisotopic (exact) mass is 464 g/mol. The third-order valence-electron chi connectivity index (χ3n) is 5.94. The van der Waals surface area contributed by atoms with E-state index in [0.717, 1.165) is 11.8 Å². The van der Waals surface area contributed by atoms with Crippen molar-refractivity contribution < 1.29 is 32.3 Å². The first-order valence-electron chi connectivity index (χ1n) is 9.86. The predicted molar refractivity (Wildman–Crippen MR) is 115 cm³/mol. The molecule has 0 saturated heterocycles. The van der Waals surface area contributed by atoms with E-state index in [-0.39, 0.29) is 30.6 Å². The molecule has 2 N–H and O–H groups in total. The van der Waals surface area contributed by atoms with Gasteiger partial charge in [-0.2, -0.15) is 0 Å². The van der Waals surface area contributed by atoms with Crippen molar-refractivity contribution in [3.63, 3.8) is 0 Å². The summed E-state index contributed by atoms with van der Waals surface area (Å²) < 4.78 is 42.7. The van der Waals surface area contributed by atoms with E-state index in [1.165, 1.54) is 17.3 Å². The lowest BCUT2D eigenvalue weighted by atomic mass is 9.98. The van der Waals surface area contributed by atoms with Crippen molar-refractivity contribution in [3.8, 4) is 11.1 Å². The molecule has 1 aliphatic heterocycles. The first-order chi connectivity index (χ1) is 15.0. The minimum Gasteiger partial charge on any atom is -0.380 e. The molecule has 0 spiro atoms. The van der Waals surface area contributed by atoms with Crippen LogP contribution in [-0.4, -0.2) is 55.0 Å². The molecular formula is C22H25FN2O6S. The Balaban J connectivity index is 1.84. The number of hydroxylamine groups is 1. The lowest BCUT2D eigenvalue weighted by Crippen LogP contribution is -2.50. The van der Waals surface area contributed by atoms with Crippen LogP contribution in [0.15, 0.2) is 36.4 Å². The molecule has 2 aromatic rings. The van der Waals surface area contributed by atoms with Crippen LogP contribution >= 0.6 is 0 Å². The normalized spacial score (nSPS) is 15.4. The van der Waals surface area contributed by atoms with Gasteiger partial charge in [0, 0.05) is 43.1 Å². The van der Waals surface area contributed by atoms with Crippen LogP contribution in [0.5, 0.6) is 0 Å². The molecule has 0 unspecified atom stereocenters. The first-order valence-corrected chi connectivity index (χ1v) is 11.8. The lowest BCUT2D eigenvalue weighted by molar-refractivity contribution is -0.131. The van der Waals surface area contributed by atoms with Gasteiger partial charge in [-0.25, -0.2) is 18.3 Å². The number of hydrogen-bond donors (Lipinski definition) is 2. The lowest BCUT2D eigenvalue weighted by Gasteiger charge is -2.27. The fraction of sp³-hybridized carbons (Fsp3) is 0.364. The number of sulfone groups is 1. The Morgan fingerprint density at radius 1 is 1.22 bits per heavy atom. The number of hydrogen-bond acceptors (Lipinski definition) is 6. The molecule has 0 fully saturated rings. The first kappa shape index (κ1) is 23.8. The fourth-order valence-corrected chi connectivity index (χ4v) is 4.54. The van der Waals surface area contributed by atoms with Gasteiger partial charge in [-0.15, -0.1) is 0 Å². The molecule has 172 valence electrons. The van der Waals surface area contributed by atoms with Crippen molar-refractivity contribution in [3.05, 3.63) is 58.9 Å². The van der Waals surface area contributed by atoms with Gasteiger partial charge < -0.3 is 9.64 Å². The number of carbonyl (C=O) groups excluding carboxylic acids is 2. The van der Waals surface area contributed by atoms with Crippen molar-refractivity contribution >= 4 is 21.7 Å². The van der Waals surface area contributed by atoms with Crippen LogP contribution in [0.4, 0.5) is 4.39 Å². The van der Waals surface area contributed by atoms with Gasteiger partial charge in [-0.1, -0.05) is 30.3 Å². The van der Waals surface area contributed by atoms with E-state index in [2.05, 4.69) is 0 Å². The molecule has 3 rings (SSSR count). The molecule has 0 aromatic heterocycles. The molecule has 1 heterocycles. The second-order valence-corrected chi connectivity index (χ2v) is 10.4. The molecule has 1 atom stereocenters. The van der Waals surface area contributed by atoms with Crippen molar-refractivity contribution in [2.45, 2.75) is 31.2 Å².